The van der Waals surface area contributed by atoms with Gasteiger partial charge in [-0.05, 0) is 12.5 Å². The van der Waals surface area contributed by atoms with E-state index in [1.54, 1.807) is 6.20 Å². The third-order valence-corrected chi connectivity index (χ3v) is 1.08. The van der Waals surface area contributed by atoms with Gasteiger partial charge in [-0.15, -0.1) is 0 Å². The van der Waals surface area contributed by atoms with Crippen LogP contribution in [0.2, 0.25) is 0 Å². The molecule has 0 bridgehead atoms. The van der Waals surface area contributed by atoms with Crippen molar-refractivity contribution < 1.29 is 0 Å². The molecule has 1 aromatic rings. The van der Waals surface area contributed by atoms with Crippen LogP contribution in [0.5, 0.6) is 0 Å². The number of pyridine rings is 1. The van der Waals surface area contributed by atoms with E-state index in [1.807, 2.05) is 13.0 Å². The first-order chi connectivity index (χ1) is 4.34. The van der Waals surface area contributed by atoms with Gasteiger partial charge in [0.05, 0.1) is 5.56 Å². The molecule has 1 aromatic heterocycles. The Hall–Kier alpha value is -1.36. The number of aromatic nitrogens is 1. The van der Waals surface area contributed by atoms with Crippen LogP contribution in [0.3, 0.4) is 0 Å². The Bertz CT molecular complexity index is 247. The van der Waals surface area contributed by atoms with E-state index in [1.165, 1.54) is 6.20 Å². The van der Waals surface area contributed by atoms with Crippen LogP contribution in [0.4, 0.5) is 0 Å². The Morgan fingerprint density at radius 1 is 1.78 bits per heavy atom. The van der Waals surface area contributed by atoms with Crippen molar-refractivity contribution >= 4 is 0 Å². The van der Waals surface area contributed by atoms with Gasteiger partial charge in [0, 0.05) is 18.5 Å². The van der Waals surface area contributed by atoms with Crippen LogP contribution >= 0.6 is 0 Å². The van der Waals surface area contributed by atoms with Crippen molar-refractivity contribution in [3.05, 3.63) is 29.6 Å². The summed E-state index contributed by atoms with van der Waals surface area (Å²) in [5.41, 5.74) is 1.45. The van der Waals surface area contributed by atoms with Gasteiger partial charge in [0.25, 0.3) is 0 Å². The van der Waals surface area contributed by atoms with E-state index >= 15 is 0 Å². The monoisotopic (exact) mass is 117 g/mol. The molecule has 0 spiro atoms. The Morgan fingerprint density at radius 2 is 2.56 bits per heavy atom. The van der Waals surface area contributed by atoms with Crippen molar-refractivity contribution in [2.45, 2.75) is 6.92 Å². The summed E-state index contributed by atoms with van der Waals surface area (Å²) in [6, 6.07) is 4.82. The van der Waals surface area contributed by atoms with Crippen molar-refractivity contribution in [1.29, 1.82) is 5.26 Å². The number of aryl methyl sites for hydroxylation is 1. The number of rotatable bonds is 0. The van der Waals surface area contributed by atoms with E-state index in [2.05, 4.69) is 11.1 Å². The van der Waals surface area contributed by atoms with Crippen molar-refractivity contribution in [1.82, 2.24) is 4.98 Å². The average molecular weight is 117 g/mol. The summed E-state index contributed by atoms with van der Waals surface area (Å²) < 4.78 is 0. The van der Waals surface area contributed by atoms with E-state index in [4.69, 9.17) is 5.26 Å². The van der Waals surface area contributed by atoms with Gasteiger partial charge in [0.1, 0.15) is 6.07 Å². The van der Waals surface area contributed by atoms with E-state index in [0.29, 0.717) is 5.56 Å². The largest absolute Gasteiger partial charge is 0.263 e. The zero-order valence-corrected chi connectivity index (χ0v) is 5.05. The molecule has 0 aliphatic carbocycles. The lowest BCUT2D eigenvalue weighted by Gasteiger charge is -1.89. The van der Waals surface area contributed by atoms with Crippen LogP contribution < -0.4 is 0 Å². The van der Waals surface area contributed by atoms with Crippen LogP contribution in [0, 0.1) is 24.3 Å². The minimum absolute atomic E-state index is 0.595. The van der Waals surface area contributed by atoms with Gasteiger partial charge in [-0.3, -0.25) is 4.98 Å². The zero-order valence-electron chi connectivity index (χ0n) is 5.05. The first-order valence-electron chi connectivity index (χ1n) is 2.57. The third-order valence-electron chi connectivity index (χ3n) is 1.08. The molecule has 0 aliphatic heterocycles. The topological polar surface area (TPSA) is 36.7 Å². The summed E-state index contributed by atoms with van der Waals surface area (Å²) >= 11 is 0. The molecule has 43 valence electrons. The highest BCUT2D eigenvalue weighted by atomic mass is 14.6. The van der Waals surface area contributed by atoms with Gasteiger partial charge in [-0.2, -0.15) is 5.26 Å². The molecule has 0 fully saturated rings. The fourth-order valence-corrected chi connectivity index (χ4v) is 0.533. The van der Waals surface area contributed by atoms with E-state index in [9.17, 15) is 0 Å². The lowest BCUT2D eigenvalue weighted by atomic mass is 10.2. The maximum absolute atomic E-state index is 8.41. The molecule has 0 atom stereocenters. The van der Waals surface area contributed by atoms with Gasteiger partial charge >= 0.3 is 0 Å². The second-order valence-electron chi connectivity index (χ2n) is 1.70. The molecule has 0 saturated heterocycles. The number of nitriles is 1. The SMILES string of the molecule is Cc1[c]cncc1C#N. The lowest BCUT2D eigenvalue weighted by molar-refractivity contribution is 1.25. The molecular formula is C7H5N2. The summed E-state index contributed by atoms with van der Waals surface area (Å²) in [5, 5.41) is 8.41. The van der Waals surface area contributed by atoms with Gasteiger partial charge in [-0.1, -0.05) is 0 Å². The Labute approximate surface area is 53.8 Å². The predicted molar refractivity (Wildman–Crippen MR) is 32.5 cm³/mol. The van der Waals surface area contributed by atoms with Gasteiger partial charge in [0.15, 0.2) is 0 Å². The van der Waals surface area contributed by atoms with E-state index < -0.39 is 0 Å². The van der Waals surface area contributed by atoms with Crippen LogP contribution in [0.25, 0.3) is 0 Å². The summed E-state index contributed by atoms with van der Waals surface area (Å²) in [6.45, 7) is 1.83. The number of hydrogen-bond donors (Lipinski definition) is 0. The molecular weight excluding hydrogens is 112 g/mol. The quantitative estimate of drug-likeness (QED) is 0.509. The van der Waals surface area contributed by atoms with Crippen LogP contribution in [-0.4, -0.2) is 4.98 Å². The lowest BCUT2D eigenvalue weighted by Crippen LogP contribution is -1.81. The molecule has 0 N–H and O–H groups in total. The van der Waals surface area contributed by atoms with Crippen molar-refractivity contribution in [2.75, 3.05) is 0 Å². The summed E-state index contributed by atoms with van der Waals surface area (Å²) in [7, 11) is 0. The zero-order chi connectivity index (χ0) is 6.69. The predicted octanol–water partition coefficient (Wildman–Crippen LogP) is 1.06. The van der Waals surface area contributed by atoms with Crippen LogP contribution in [-0.2, 0) is 0 Å². The highest BCUT2D eigenvalue weighted by molar-refractivity contribution is 5.32. The van der Waals surface area contributed by atoms with E-state index in [0.717, 1.165) is 5.56 Å². The highest BCUT2D eigenvalue weighted by Gasteiger charge is 1.91. The molecule has 9 heavy (non-hydrogen) atoms. The molecule has 1 radical (unpaired) electrons. The molecule has 0 aliphatic rings. The molecule has 1 rings (SSSR count). The van der Waals surface area contributed by atoms with Crippen molar-refractivity contribution in [2.24, 2.45) is 0 Å². The van der Waals surface area contributed by atoms with Crippen molar-refractivity contribution in [3.8, 4) is 6.07 Å². The normalized spacial score (nSPS) is 8.44. The average Bonchev–Trinajstić information content (AvgIpc) is 1.89. The molecule has 0 amide bonds. The molecule has 0 saturated carbocycles. The molecule has 1 heterocycles. The third kappa shape index (κ3) is 1.06. The maximum atomic E-state index is 8.41. The second kappa shape index (κ2) is 2.27. The molecule has 0 aromatic carbocycles. The van der Waals surface area contributed by atoms with Gasteiger partial charge in [-0.25, -0.2) is 0 Å². The summed E-state index contributed by atoms with van der Waals surface area (Å²) in [4.78, 5) is 3.74. The maximum Gasteiger partial charge on any atom is 0.101 e. The van der Waals surface area contributed by atoms with Crippen LogP contribution in [0.15, 0.2) is 12.4 Å². The van der Waals surface area contributed by atoms with Crippen molar-refractivity contribution in [3.63, 3.8) is 0 Å². The Kier molecular flexibility index (Phi) is 1.46. The highest BCUT2D eigenvalue weighted by Crippen LogP contribution is 1.99. The summed E-state index contributed by atoms with van der Waals surface area (Å²) in [5.74, 6) is 0. The first kappa shape index (κ1) is 5.77. The molecule has 0 unspecified atom stereocenters. The first-order valence-corrected chi connectivity index (χ1v) is 2.57. The standard InChI is InChI=1S/C7H5N2/c1-6-2-3-9-5-7(6)4-8/h3,5H,1H3. The molecule has 2 heteroatoms. The number of hydrogen-bond acceptors (Lipinski definition) is 2. The Morgan fingerprint density at radius 3 is 3.00 bits per heavy atom. The van der Waals surface area contributed by atoms with Gasteiger partial charge in [0.2, 0.25) is 0 Å². The minimum Gasteiger partial charge on any atom is -0.263 e. The molecule has 2 nitrogen and oxygen atoms in total. The Balaban J connectivity index is 3.20. The fourth-order valence-electron chi connectivity index (χ4n) is 0.533. The number of nitrogens with zero attached hydrogens (tertiary/aromatic N) is 2. The summed E-state index contributed by atoms with van der Waals surface area (Å²) in [6.07, 6.45) is 3.09. The van der Waals surface area contributed by atoms with Gasteiger partial charge < -0.3 is 0 Å². The van der Waals surface area contributed by atoms with Crippen LogP contribution in [0.1, 0.15) is 11.1 Å². The minimum atomic E-state index is 0.595. The smallest absolute Gasteiger partial charge is 0.101 e. The fraction of sp³-hybridized carbons (Fsp3) is 0.143. The second-order valence-corrected chi connectivity index (χ2v) is 1.70. The van der Waals surface area contributed by atoms with E-state index in [-0.39, 0.29) is 0 Å².